The molecule has 11 nitrogen and oxygen atoms in total. The molecule has 5 N–H and O–H groups in total. The number of nitrogens with zero attached hydrogens (tertiary/aromatic N) is 1. The first kappa shape index (κ1) is 40.9. The Labute approximate surface area is 299 Å². The molecule has 1 saturated heterocycles. The van der Waals surface area contributed by atoms with E-state index in [0.717, 1.165) is 19.3 Å². The van der Waals surface area contributed by atoms with Gasteiger partial charge in [-0.1, -0.05) is 92.5 Å². The number of carbonyl (C=O) groups is 6. The number of fused-ring (bicyclic) bond motifs is 1. The van der Waals surface area contributed by atoms with Gasteiger partial charge in [-0.15, -0.1) is 0 Å². The van der Waals surface area contributed by atoms with Gasteiger partial charge < -0.3 is 26.6 Å². The van der Waals surface area contributed by atoms with Crippen molar-refractivity contribution in [3.8, 4) is 0 Å². The van der Waals surface area contributed by atoms with Crippen molar-refractivity contribution in [2.24, 2.45) is 46.7 Å². The van der Waals surface area contributed by atoms with Gasteiger partial charge in [0.05, 0.1) is 12.1 Å². The number of amides is 5. The highest BCUT2D eigenvalue weighted by atomic mass is 16.2. The van der Waals surface area contributed by atoms with Crippen molar-refractivity contribution in [1.82, 2.24) is 20.9 Å². The van der Waals surface area contributed by atoms with E-state index in [9.17, 15) is 28.8 Å². The molecular weight excluding hydrogens is 634 g/mol. The molecule has 3 aliphatic carbocycles. The third-order valence-corrected chi connectivity index (χ3v) is 10.9. The van der Waals surface area contributed by atoms with Crippen molar-refractivity contribution in [2.45, 2.75) is 137 Å². The Morgan fingerprint density at radius 2 is 1.46 bits per heavy atom. The van der Waals surface area contributed by atoms with Gasteiger partial charge in [-0.25, -0.2) is 4.79 Å². The third-order valence-electron chi connectivity index (χ3n) is 10.9. The van der Waals surface area contributed by atoms with Crippen LogP contribution in [0.1, 0.15) is 113 Å². The van der Waals surface area contributed by atoms with Gasteiger partial charge in [0.25, 0.3) is 5.91 Å². The minimum atomic E-state index is -1.11. The van der Waals surface area contributed by atoms with Gasteiger partial charge in [-0.05, 0) is 80.0 Å². The lowest BCUT2D eigenvalue weighted by molar-refractivity contribution is -0.142. The van der Waals surface area contributed by atoms with Crippen LogP contribution >= 0.6 is 0 Å². The second-order valence-electron chi connectivity index (χ2n) is 16.5. The monoisotopic (exact) mass is 697 g/mol. The molecule has 0 aromatic carbocycles. The van der Waals surface area contributed by atoms with Crippen LogP contribution < -0.4 is 21.7 Å². The molecule has 3 fully saturated rings. The van der Waals surface area contributed by atoms with E-state index in [-0.39, 0.29) is 53.6 Å². The van der Waals surface area contributed by atoms with Crippen molar-refractivity contribution in [1.29, 1.82) is 0 Å². The molecular formula is C39H63N5O6. The zero-order valence-electron chi connectivity index (χ0n) is 31.6. The molecule has 1 aliphatic heterocycles. The number of allylic oxidation sites excluding steroid dienone is 4. The molecule has 7 atom stereocenters. The number of likely N-dealkylation sites (tertiary alicyclic amines) is 1. The number of primary amides is 1. The molecule has 0 aromatic rings. The van der Waals surface area contributed by atoms with Gasteiger partial charge in [0.1, 0.15) is 12.1 Å². The molecule has 280 valence electrons. The van der Waals surface area contributed by atoms with Gasteiger partial charge in [0.15, 0.2) is 5.78 Å². The predicted molar refractivity (Wildman–Crippen MR) is 194 cm³/mol. The number of carbonyl (C=O) groups excluding carboxylic acids is 6. The molecule has 0 bridgehead atoms. The number of hydrogen-bond donors (Lipinski definition) is 4. The van der Waals surface area contributed by atoms with E-state index in [1.54, 1.807) is 0 Å². The summed E-state index contributed by atoms with van der Waals surface area (Å²) in [5.74, 6) is -2.55. The van der Waals surface area contributed by atoms with Crippen molar-refractivity contribution in [2.75, 3.05) is 6.54 Å². The first-order chi connectivity index (χ1) is 23.5. The van der Waals surface area contributed by atoms with Gasteiger partial charge in [-0.3, -0.25) is 24.0 Å². The van der Waals surface area contributed by atoms with Crippen LogP contribution in [0.25, 0.3) is 0 Å². The lowest BCUT2D eigenvalue weighted by Gasteiger charge is -2.33. The number of Topliss-reactive ketones (excluding diaryl/α,β-unsaturated/α-hetero) is 2. The summed E-state index contributed by atoms with van der Waals surface area (Å²) in [5, 5.41) is 8.48. The summed E-state index contributed by atoms with van der Waals surface area (Å²) >= 11 is 0. The molecule has 0 radical (unpaired) electrons. The lowest BCUT2D eigenvalue weighted by atomic mass is 9.92. The summed E-state index contributed by atoms with van der Waals surface area (Å²) in [5.41, 5.74) is 5.82. The molecule has 5 amide bonds. The highest BCUT2D eigenvalue weighted by Gasteiger charge is 2.45. The first-order valence-corrected chi connectivity index (χ1v) is 18.9. The minimum absolute atomic E-state index is 0.0221. The minimum Gasteiger partial charge on any atom is -0.363 e. The normalized spacial score (nSPS) is 25.0. The van der Waals surface area contributed by atoms with Crippen LogP contribution in [0.2, 0.25) is 0 Å². The van der Waals surface area contributed by atoms with Gasteiger partial charge in [0, 0.05) is 12.5 Å². The maximum Gasteiger partial charge on any atom is 0.316 e. The van der Waals surface area contributed by atoms with Crippen LogP contribution in [0.4, 0.5) is 4.79 Å². The Balaban J connectivity index is 0.00000103. The van der Waals surface area contributed by atoms with Crippen molar-refractivity contribution in [3.05, 3.63) is 24.3 Å². The van der Waals surface area contributed by atoms with E-state index in [2.05, 4.69) is 55.8 Å². The SMILES string of the molecule is CCC(C)(C)C.CCC(C)CC(NC(=O)C1CCCN1C(=O)C(NC(=O)NC(C(=O)C1CC1)C(C)C)C1CC2C=CC=CC2C1)C(=O)C(N)=O. The summed E-state index contributed by atoms with van der Waals surface area (Å²) in [6.07, 6.45) is 14.6. The number of nitrogens with one attached hydrogen (secondary N) is 3. The molecule has 4 aliphatic rings. The average molecular weight is 698 g/mol. The number of ketones is 2. The van der Waals surface area contributed by atoms with Crippen LogP contribution in [0.15, 0.2) is 24.3 Å². The van der Waals surface area contributed by atoms with E-state index in [4.69, 9.17) is 5.73 Å². The zero-order valence-corrected chi connectivity index (χ0v) is 31.6. The molecule has 1 heterocycles. The first-order valence-electron chi connectivity index (χ1n) is 18.9. The van der Waals surface area contributed by atoms with Crippen LogP contribution in [-0.4, -0.2) is 70.9 Å². The second-order valence-corrected chi connectivity index (χ2v) is 16.5. The summed E-state index contributed by atoms with van der Waals surface area (Å²) in [6, 6.07) is -4.04. The van der Waals surface area contributed by atoms with E-state index in [1.165, 1.54) is 11.3 Å². The fourth-order valence-electron chi connectivity index (χ4n) is 6.89. The van der Waals surface area contributed by atoms with Crippen molar-refractivity contribution < 1.29 is 28.8 Å². The number of nitrogens with two attached hydrogens (primary N) is 1. The Morgan fingerprint density at radius 3 is 1.94 bits per heavy atom. The summed E-state index contributed by atoms with van der Waals surface area (Å²) < 4.78 is 0. The Morgan fingerprint density at radius 1 is 0.880 bits per heavy atom. The largest absolute Gasteiger partial charge is 0.363 e. The van der Waals surface area contributed by atoms with Crippen molar-refractivity contribution >= 4 is 35.3 Å². The smallest absolute Gasteiger partial charge is 0.316 e. The highest BCUT2D eigenvalue weighted by Crippen LogP contribution is 2.42. The van der Waals surface area contributed by atoms with Crippen LogP contribution in [0.3, 0.4) is 0 Å². The average Bonchev–Trinajstić information content (AvgIpc) is 3.63. The topological polar surface area (TPSA) is 168 Å². The number of rotatable bonds is 14. The molecule has 11 heteroatoms. The summed E-state index contributed by atoms with van der Waals surface area (Å²) in [6.45, 7) is 16.9. The van der Waals surface area contributed by atoms with Crippen molar-refractivity contribution in [3.63, 3.8) is 0 Å². The molecule has 0 aromatic heterocycles. The fraction of sp³-hybridized carbons (Fsp3) is 0.744. The van der Waals surface area contributed by atoms with Gasteiger partial charge in [-0.2, -0.15) is 0 Å². The molecule has 0 spiro atoms. The van der Waals surface area contributed by atoms with E-state index >= 15 is 0 Å². The van der Waals surface area contributed by atoms with E-state index in [0.29, 0.717) is 37.6 Å². The van der Waals surface area contributed by atoms with Crippen LogP contribution in [-0.2, 0) is 24.0 Å². The zero-order chi connectivity index (χ0) is 37.3. The standard InChI is InChI=1S/C33H49N5O6.C6H14/c1-5-19(4)15-24(29(40)30(34)41)35-31(42)25-11-8-14-38(25)32(43)27(23-16-21-9-6-7-10-22(21)17-23)37-33(44)36-26(18(2)3)28(39)20-12-13-20;1-5-6(2,3)4/h6-7,9-10,18-27H,5,8,11-17H2,1-4H3,(H2,34,41)(H,35,42)(H2,36,37,44);5H2,1-4H3. The fourth-order valence-corrected chi connectivity index (χ4v) is 6.89. The Hall–Kier alpha value is -3.50. The Bertz CT molecular complexity index is 1280. The Kier molecular flexibility index (Phi) is 14.8. The number of urea groups is 1. The maximum atomic E-state index is 14.3. The van der Waals surface area contributed by atoms with Crippen LogP contribution in [0.5, 0.6) is 0 Å². The maximum absolute atomic E-state index is 14.3. The van der Waals surface area contributed by atoms with Gasteiger partial charge >= 0.3 is 6.03 Å². The third kappa shape index (κ3) is 11.5. The highest BCUT2D eigenvalue weighted by molar-refractivity contribution is 6.37. The van der Waals surface area contributed by atoms with Crippen LogP contribution in [0, 0.1) is 40.9 Å². The molecule has 4 rings (SSSR count). The quantitative estimate of drug-likeness (QED) is 0.190. The number of hydrogen-bond acceptors (Lipinski definition) is 6. The molecule has 50 heavy (non-hydrogen) atoms. The predicted octanol–water partition coefficient (Wildman–Crippen LogP) is 4.84. The molecule has 2 saturated carbocycles. The summed E-state index contributed by atoms with van der Waals surface area (Å²) in [7, 11) is 0. The van der Waals surface area contributed by atoms with E-state index in [1.807, 2.05) is 39.8 Å². The lowest BCUT2D eigenvalue weighted by Crippen LogP contribution is -2.59. The summed E-state index contributed by atoms with van der Waals surface area (Å²) in [4.78, 5) is 79.9. The second kappa shape index (κ2) is 18.1. The molecule has 7 unspecified atom stereocenters. The van der Waals surface area contributed by atoms with E-state index < -0.39 is 47.8 Å². The van der Waals surface area contributed by atoms with Gasteiger partial charge in [0.2, 0.25) is 17.6 Å².